The number of hydrogen-bond acceptors (Lipinski definition) is 2. The van der Waals surface area contributed by atoms with Gasteiger partial charge in [-0.05, 0) is 30.9 Å². The third-order valence-electron chi connectivity index (χ3n) is 2.85. The van der Waals surface area contributed by atoms with Crippen LogP contribution < -0.4 is 0 Å². The molecule has 0 spiro atoms. The summed E-state index contributed by atoms with van der Waals surface area (Å²) in [6.45, 7) is 3.97. The van der Waals surface area contributed by atoms with E-state index in [4.69, 9.17) is 0 Å². The fraction of sp³-hybridized carbons (Fsp3) is 0.500. The molecule has 4 heteroatoms. The van der Waals surface area contributed by atoms with Crippen molar-refractivity contribution in [2.24, 2.45) is 5.92 Å². The van der Waals surface area contributed by atoms with Gasteiger partial charge in [0.2, 0.25) is 0 Å². The highest BCUT2D eigenvalue weighted by molar-refractivity contribution is 5.93. The zero-order valence-electron chi connectivity index (χ0n) is 9.43. The maximum atomic E-state index is 12.0. The van der Waals surface area contributed by atoms with Crippen molar-refractivity contribution >= 4 is 18.3 Å². The van der Waals surface area contributed by atoms with Crippen LogP contribution in [0.2, 0.25) is 0 Å². The lowest BCUT2D eigenvalue weighted by atomic mass is 10.00. The van der Waals surface area contributed by atoms with Gasteiger partial charge in [-0.2, -0.15) is 0 Å². The monoisotopic (exact) mass is 240 g/mol. The van der Waals surface area contributed by atoms with Crippen molar-refractivity contribution < 1.29 is 4.79 Å². The van der Waals surface area contributed by atoms with E-state index in [9.17, 15) is 4.79 Å². The van der Waals surface area contributed by atoms with Crippen LogP contribution in [0.4, 0.5) is 0 Å². The van der Waals surface area contributed by atoms with E-state index in [0.29, 0.717) is 11.5 Å². The van der Waals surface area contributed by atoms with E-state index >= 15 is 0 Å². The molecule has 1 aliphatic rings. The average molecular weight is 241 g/mol. The summed E-state index contributed by atoms with van der Waals surface area (Å²) in [7, 11) is 0. The predicted octanol–water partition coefficient (Wildman–Crippen LogP) is 2.38. The Hall–Kier alpha value is -1.09. The lowest BCUT2D eigenvalue weighted by Crippen LogP contribution is -2.39. The minimum Gasteiger partial charge on any atom is -0.338 e. The first-order valence-corrected chi connectivity index (χ1v) is 5.46. The fourth-order valence-corrected chi connectivity index (χ4v) is 2.05. The van der Waals surface area contributed by atoms with Gasteiger partial charge in [-0.25, -0.2) is 0 Å². The molecule has 0 aliphatic carbocycles. The highest BCUT2D eigenvalue weighted by atomic mass is 35.5. The van der Waals surface area contributed by atoms with Crippen molar-refractivity contribution in [2.45, 2.75) is 19.8 Å². The molecular formula is C12H17ClN2O. The molecule has 0 radical (unpaired) electrons. The highest BCUT2D eigenvalue weighted by Gasteiger charge is 2.21. The summed E-state index contributed by atoms with van der Waals surface area (Å²) in [4.78, 5) is 17.9. The molecule has 3 nitrogen and oxygen atoms in total. The van der Waals surface area contributed by atoms with Gasteiger partial charge in [-0.15, -0.1) is 12.4 Å². The Morgan fingerprint density at radius 2 is 2.38 bits per heavy atom. The molecule has 1 saturated heterocycles. The van der Waals surface area contributed by atoms with E-state index in [0.717, 1.165) is 19.5 Å². The third kappa shape index (κ3) is 2.95. The second-order valence-electron chi connectivity index (χ2n) is 4.24. The minimum atomic E-state index is 0. The smallest absolute Gasteiger partial charge is 0.255 e. The van der Waals surface area contributed by atoms with Crippen molar-refractivity contribution in [2.75, 3.05) is 13.1 Å². The summed E-state index contributed by atoms with van der Waals surface area (Å²) in [5.74, 6) is 0.744. The average Bonchev–Trinajstić information content (AvgIpc) is 2.29. The second-order valence-corrected chi connectivity index (χ2v) is 4.24. The molecule has 1 aromatic rings. The molecule has 1 fully saturated rings. The number of nitrogens with zero attached hydrogens (tertiary/aromatic N) is 2. The number of carbonyl (C=O) groups excluding carboxylic acids is 1. The van der Waals surface area contributed by atoms with Crippen LogP contribution in [0.15, 0.2) is 24.5 Å². The summed E-state index contributed by atoms with van der Waals surface area (Å²) in [5.41, 5.74) is 0.701. The number of likely N-dealkylation sites (tertiary alicyclic amines) is 1. The van der Waals surface area contributed by atoms with Crippen LogP contribution in [0.25, 0.3) is 0 Å². The largest absolute Gasteiger partial charge is 0.338 e. The standard InChI is InChI=1S/C12H16N2O.ClH/c1-10-4-3-7-14(9-10)12(15)11-5-2-6-13-8-11;/h2,5-6,8,10H,3-4,7,9H2,1H3;1H. The molecule has 0 aromatic carbocycles. The summed E-state index contributed by atoms with van der Waals surface area (Å²) in [6, 6.07) is 3.63. The third-order valence-corrected chi connectivity index (χ3v) is 2.85. The zero-order valence-corrected chi connectivity index (χ0v) is 10.2. The molecule has 0 bridgehead atoms. The quantitative estimate of drug-likeness (QED) is 0.755. The van der Waals surface area contributed by atoms with E-state index in [1.165, 1.54) is 6.42 Å². The molecule has 1 unspecified atom stereocenters. The Labute approximate surface area is 102 Å². The molecule has 2 heterocycles. The Balaban J connectivity index is 0.00000128. The minimum absolute atomic E-state index is 0. The van der Waals surface area contributed by atoms with Crippen molar-refractivity contribution in [1.82, 2.24) is 9.88 Å². The van der Waals surface area contributed by atoms with E-state index in [2.05, 4.69) is 11.9 Å². The summed E-state index contributed by atoms with van der Waals surface area (Å²) < 4.78 is 0. The van der Waals surface area contributed by atoms with Gasteiger partial charge >= 0.3 is 0 Å². The van der Waals surface area contributed by atoms with Crippen molar-refractivity contribution in [3.05, 3.63) is 30.1 Å². The molecule has 1 amide bonds. The molecule has 16 heavy (non-hydrogen) atoms. The lowest BCUT2D eigenvalue weighted by molar-refractivity contribution is 0.0682. The van der Waals surface area contributed by atoms with Gasteiger partial charge in [0.15, 0.2) is 0 Å². The first-order chi connectivity index (χ1) is 7.27. The van der Waals surface area contributed by atoms with Crippen molar-refractivity contribution in [3.8, 4) is 0 Å². The first-order valence-electron chi connectivity index (χ1n) is 5.46. The zero-order chi connectivity index (χ0) is 10.7. The molecule has 0 saturated carbocycles. The molecule has 1 atom stereocenters. The summed E-state index contributed by atoms with van der Waals surface area (Å²) in [6.07, 6.45) is 5.68. The van der Waals surface area contributed by atoms with E-state index in [1.807, 2.05) is 11.0 Å². The summed E-state index contributed by atoms with van der Waals surface area (Å²) in [5, 5.41) is 0. The van der Waals surface area contributed by atoms with Crippen LogP contribution in [0.1, 0.15) is 30.1 Å². The van der Waals surface area contributed by atoms with Gasteiger partial charge in [0.25, 0.3) is 5.91 Å². The van der Waals surface area contributed by atoms with Crippen LogP contribution in [0.3, 0.4) is 0 Å². The van der Waals surface area contributed by atoms with Gasteiger partial charge in [-0.1, -0.05) is 6.92 Å². The molecule has 0 N–H and O–H groups in total. The van der Waals surface area contributed by atoms with Gasteiger partial charge in [0, 0.05) is 25.5 Å². The number of carbonyl (C=O) groups is 1. The Kier molecular flexibility index (Phi) is 4.74. The first kappa shape index (κ1) is 13.0. The second kappa shape index (κ2) is 5.85. The van der Waals surface area contributed by atoms with Gasteiger partial charge in [0.05, 0.1) is 5.56 Å². The van der Waals surface area contributed by atoms with Crippen molar-refractivity contribution in [3.63, 3.8) is 0 Å². The van der Waals surface area contributed by atoms with Crippen LogP contribution in [0.5, 0.6) is 0 Å². The maximum absolute atomic E-state index is 12.0. The number of rotatable bonds is 1. The number of amides is 1. The van der Waals surface area contributed by atoms with Crippen molar-refractivity contribution in [1.29, 1.82) is 0 Å². The number of hydrogen-bond donors (Lipinski definition) is 0. The normalized spacial score (nSPS) is 20.1. The Bertz CT molecular complexity index is 342. The summed E-state index contributed by atoms with van der Waals surface area (Å²) >= 11 is 0. The Morgan fingerprint density at radius 1 is 1.56 bits per heavy atom. The number of piperidine rings is 1. The SMILES string of the molecule is CC1CCCN(C(=O)c2cccnc2)C1.Cl. The van der Waals surface area contributed by atoms with E-state index in [1.54, 1.807) is 18.5 Å². The number of halogens is 1. The van der Waals surface area contributed by atoms with Crippen LogP contribution in [0, 0.1) is 5.92 Å². The van der Waals surface area contributed by atoms with Gasteiger partial charge in [-0.3, -0.25) is 9.78 Å². The molecule has 1 aromatic heterocycles. The molecule has 2 rings (SSSR count). The lowest BCUT2D eigenvalue weighted by Gasteiger charge is -2.30. The van der Waals surface area contributed by atoms with Gasteiger partial charge in [0.1, 0.15) is 0 Å². The van der Waals surface area contributed by atoms with E-state index < -0.39 is 0 Å². The van der Waals surface area contributed by atoms with E-state index in [-0.39, 0.29) is 18.3 Å². The molecule has 1 aliphatic heterocycles. The van der Waals surface area contributed by atoms with Crippen LogP contribution in [-0.2, 0) is 0 Å². The maximum Gasteiger partial charge on any atom is 0.255 e. The highest BCUT2D eigenvalue weighted by Crippen LogP contribution is 2.17. The van der Waals surface area contributed by atoms with Crippen LogP contribution in [-0.4, -0.2) is 28.9 Å². The molecule has 88 valence electrons. The van der Waals surface area contributed by atoms with Crippen LogP contribution >= 0.6 is 12.4 Å². The number of pyridine rings is 1. The molecular weight excluding hydrogens is 224 g/mol. The number of aromatic nitrogens is 1. The predicted molar refractivity (Wildman–Crippen MR) is 65.8 cm³/mol. The van der Waals surface area contributed by atoms with Gasteiger partial charge < -0.3 is 4.90 Å². The fourth-order valence-electron chi connectivity index (χ4n) is 2.05. The Morgan fingerprint density at radius 3 is 3.00 bits per heavy atom. The topological polar surface area (TPSA) is 33.2 Å².